The van der Waals surface area contributed by atoms with E-state index in [2.05, 4.69) is 53.9 Å². The van der Waals surface area contributed by atoms with Gasteiger partial charge in [-0.3, -0.25) is 0 Å². The highest BCUT2D eigenvalue weighted by atomic mass is 32.1. The van der Waals surface area contributed by atoms with E-state index in [1.54, 1.807) is 0 Å². The van der Waals surface area contributed by atoms with Gasteiger partial charge in [0.2, 0.25) is 5.88 Å². The quantitative estimate of drug-likeness (QED) is 0.291. The Bertz CT molecular complexity index is 1170. The van der Waals surface area contributed by atoms with Crippen LogP contribution in [0.15, 0.2) is 48.8 Å². The third-order valence-electron chi connectivity index (χ3n) is 5.88. The number of hydrogen-bond acceptors (Lipinski definition) is 5. The molecule has 1 aliphatic rings. The minimum absolute atomic E-state index is 0.450. The van der Waals surface area contributed by atoms with Gasteiger partial charge >= 0.3 is 0 Å². The van der Waals surface area contributed by atoms with Crippen molar-refractivity contribution in [2.24, 2.45) is 0 Å². The molecule has 1 aromatic carbocycles. The highest BCUT2D eigenvalue weighted by Gasteiger charge is 2.16. The van der Waals surface area contributed by atoms with Crippen molar-refractivity contribution in [3.63, 3.8) is 0 Å². The molecule has 3 aromatic heterocycles. The Kier molecular flexibility index (Phi) is 6.12. The molecule has 0 unspecified atom stereocenters. The predicted molar refractivity (Wildman–Crippen MR) is 130 cm³/mol. The number of aromatic nitrogens is 3. The molecule has 166 valence electrons. The second kappa shape index (κ2) is 9.33. The van der Waals surface area contributed by atoms with Crippen molar-refractivity contribution >= 4 is 22.2 Å². The molecular formula is C26H29N3O2S. The Morgan fingerprint density at radius 3 is 2.72 bits per heavy atom. The number of fused-ring (bicyclic) bond motifs is 2. The maximum absolute atomic E-state index is 5.92. The van der Waals surface area contributed by atoms with Gasteiger partial charge in [0.25, 0.3) is 0 Å². The van der Waals surface area contributed by atoms with E-state index >= 15 is 0 Å². The van der Waals surface area contributed by atoms with Crippen LogP contribution in [-0.4, -0.2) is 27.7 Å². The summed E-state index contributed by atoms with van der Waals surface area (Å²) >= 11 is 1.81. The van der Waals surface area contributed by atoms with Gasteiger partial charge in [0.15, 0.2) is 0 Å². The second-order valence-corrected chi connectivity index (χ2v) is 9.65. The Balaban J connectivity index is 1.10. The third-order valence-corrected chi connectivity index (χ3v) is 7.09. The molecule has 0 fully saturated rings. The number of nitrogens with zero attached hydrogens (tertiary/aromatic N) is 3. The lowest BCUT2D eigenvalue weighted by Gasteiger charge is -2.10. The van der Waals surface area contributed by atoms with E-state index in [-0.39, 0.29) is 0 Å². The molecule has 0 saturated heterocycles. The molecule has 5 nitrogen and oxygen atoms in total. The van der Waals surface area contributed by atoms with Crippen molar-refractivity contribution in [3.05, 3.63) is 59.4 Å². The Morgan fingerprint density at radius 2 is 1.91 bits per heavy atom. The molecule has 0 saturated carbocycles. The summed E-state index contributed by atoms with van der Waals surface area (Å²) in [6, 6.07) is 12.9. The van der Waals surface area contributed by atoms with Crippen molar-refractivity contribution in [3.8, 4) is 22.2 Å². The van der Waals surface area contributed by atoms with Crippen LogP contribution in [0.4, 0.5) is 0 Å². The Labute approximate surface area is 193 Å². The maximum atomic E-state index is 5.92. The molecular weight excluding hydrogens is 418 g/mol. The number of ether oxygens (including phenoxy) is 2. The van der Waals surface area contributed by atoms with Gasteiger partial charge in [-0.15, -0.1) is 11.3 Å². The number of rotatable bonds is 8. The Hall–Kier alpha value is -2.86. The van der Waals surface area contributed by atoms with Crippen LogP contribution in [0.3, 0.4) is 0 Å². The molecule has 0 amide bonds. The fourth-order valence-corrected chi connectivity index (χ4v) is 5.32. The zero-order chi connectivity index (χ0) is 21.9. The molecule has 5 rings (SSSR count). The summed E-state index contributed by atoms with van der Waals surface area (Å²) in [5.41, 5.74) is 3.60. The summed E-state index contributed by atoms with van der Waals surface area (Å²) in [5.74, 6) is 1.54. The molecule has 0 radical (unpaired) electrons. The van der Waals surface area contributed by atoms with Crippen molar-refractivity contribution in [1.29, 1.82) is 0 Å². The van der Waals surface area contributed by atoms with Crippen molar-refractivity contribution in [2.45, 2.75) is 52.0 Å². The van der Waals surface area contributed by atoms with E-state index in [0.717, 1.165) is 29.2 Å². The van der Waals surface area contributed by atoms with Crippen LogP contribution in [0.25, 0.3) is 21.5 Å². The average Bonchev–Trinajstić information content (AvgIpc) is 3.43. The summed E-state index contributed by atoms with van der Waals surface area (Å²) in [6.07, 6.45) is 9.62. The summed E-state index contributed by atoms with van der Waals surface area (Å²) < 4.78 is 14.0. The molecule has 4 aromatic rings. The summed E-state index contributed by atoms with van der Waals surface area (Å²) in [4.78, 5) is 10.7. The van der Waals surface area contributed by atoms with Gasteiger partial charge in [-0.25, -0.2) is 9.97 Å². The molecule has 3 heterocycles. The minimum Gasteiger partial charge on any atom is -0.493 e. The normalized spacial score (nSPS) is 13.5. The molecule has 0 atom stereocenters. The molecule has 0 N–H and O–H groups in total. The summed E-state index contributed by atoms with van der Waals surface area (Å²) in [7, 11) is 0. The van der Waals surface area contributed by atoms with E-state index in [9.17, 15) is 0 Å². The first kappa shape index (κ1) is 21.0. The van der Waals surface area contributed by atoms with Crippen LogP contribution in [0, 0.1) is 0 Å². The minimum atomic E-state index is 0.450. The molecule has 1 aliphatic carbocycles. The van der Waals surface area contributed by atoms with E-state index < -0.39 is 0 Å². The maximum Gasteiger partial charge on any atom is 0.213 e. The summed E-state index contributed by atoms with van der Waals surface area (Å²) in [6.45, 7) is 5.57. The standard InChI is InChI=1S/C26H29N3O2S/c1-18(2)29-13-12-19-16-21(9-10-23(19)29)30-14-5-15-31-25-11-8-20(17-27-25)26-28-22-6-3-4-7-24(22)32-26/h8-13,16-18H,3-7,14-15H2,1-2H3. The topological polar surface area (TPSA) is 49.2 Å². The molecule has 0 bridgehead atoms. The molecule has 32 heavy (non-hydrogen) atoms. The third kappa shape index (κ3) is 4.51. The van der Waals surface area contributed by atoms with Gasteiger partial charge in [-0.2, -0.15) is 0 Å². The number of hydrogen-bond donors (Lipinski definition) is 0. The fourth-order valence-electron chi connectivity index (χ4n) is 4.18. The molecule has 0 aliphatic heterocycles. The van der Waals surface area contributed by atoms with Crippen LogP contribution < -0.4 is 9.47 Å². The number of aryl methyl sites for hydroxylation is 2. The first-order chi connectivity index (χ1) is 15.7. The fraction of sp³-hybridized carbons (Fsp3) is 0.385. The van der Waals surface area contributed by atoms with Crippen LogP contribution in [0.2, 0.25) is 0 Å². The lowest BCUT2D eigenvalue weighted by atomic mass is 10.0. The SMILES string of the molecule is CC(C)n1ccc2cc(OCCCOc3ccc(-c4nc5c(s4)CCCC5)cn3)ccc21. The van der Waals surface area contributed by atoms with E-state index in [4.69, 9.17) is 14.5 Å². The van der Waals surface area contributed by atoms with Crippen molar-refractivity contribution < 1.29 is 9.47 Å². The highest BCUT2D eigenvalue weighted by Crippen LogP contribution is 2.32. The van der Waals surface area contributed by atoms with Crippen LogP contribution in [0.1, 0.15) is 49.7 Å². The average molecular weight is 448 g/mol. The lowest BCUT2D eigenvalue weighted by molar-refractivity contribution is 0.242. The monoisotopic (exact) mass is 447 g/mol. The van der Waals surface area contributed by atoms with Crippen molar-refractivity contribution in [2.75, 3.05) is 13.2 Å². The second-order valence-electron chi connectivity index (χ2n) is 8.57. The van der Waals surface area contributed by atoms with E-state index in [0.29, 0.717) is 25.1 Å². The van der Waals surface area contributed by atoms with Gasteiger partial charge in [0, 0.05) is 52.3 Å². The van der Waals surface area contributed by atoms with Gasteiger partial charge in [-0.1, -0.05) is 0 Å². The van der Waals surface area contributed by atoms with E-state index in [1.807, 2.05) is 29.7 Å². The Morgan fingerprint density at radius 1 is 1.03 bits per heavy atom. The van der Waals surface area contributed by atoms with Crippen molar-refractivity contribution in [1.82, 2.24) is 14.5 Å². The molecule has 0 spiro atoms. The first-order valence-corrected chi connectivity index (χ1v) is 12.3. The van der Waals surface area contributed by atoms with Gasteiger partial charge in [0.1, 0.15) is 10.8 Å². The van der Waals surface area contributed by atoms with Crippen LogP contribution in [0.5, 0.6) is 11.6 Å². The number of pyridine rings is 1. The van der Waals surface area contributed by atoms with E-state index in [1.165, 1.54) is 40.7 Å². The largest absolute Gasteiger partial charge is 0.493 e. The smallest absolute Gasteiger partial charge is 0.213 e. The lowest BCUT2D eigenvalue weighted by Crippen LogP contribution is -2.05. The zero-order valence-electron chi connectivity index (χ0n) is 18.7. The predicted octanol–water partition coefficient (Wildman–Crippen LogP) is 6.47. The highest BCUT2D eigenvalue weighted by molar-refractivity contribution is 7.15. The molecule has 6 heteroatoms. The zero-order valence-corrected chi connectivity index (χ0v) is 19.5. The van der Waals surface area contributed by atoms with Crippen LogP contribution in [-0.2, 0) is 12.8 Å². The number of thiazole rings is 1. The van der Waals surface area contributed by atoms with Gasteiger partial charge < -0.3 is 14.0 Å². The van der Waals surface area contributed by atoms with Gasteiger partial charge in [-0.05, 0) is 69.9 Å². The van der Waals surface area contributed by atoms with Gasteiger partial charge in [0.05, 0.1) is 18.9 Å². The van der Waals surface area contributed by atoms with Crippen LogP contribution >= 0.6 is 11.3 Å². The number of benzene rings is 1. The summed E-state index contributed by atoms with van der Waals surface area (Å²) in [5, 5.41) is 2.28. The first-order valence-electron chi connectivity index (χ1n) is 11.5.